The van der Waals surface area contributed by atoms with E-state index in [-0.39, 0.29) is 5.97 Å². The molecule has 92 valence electrons. The first-order chi connectivity index (χ1) is 8.17. The number of carbonyl (C=O) groups excluding carboxylic acids is 1. The molecule has 1 aromatic rings. The van der Waals surface area contributed by atoms with E-state index >= 15 is 0 Å². The number of hydrogen-bond acceptors (Lipinski definition) is 4. The Hall–Kier alpha value is -1.84. The molecule has 17 heavy (non-hydrogen) atoms. The van der Waals surface area contributed by atoms with Crippen LogP contribution in [0.15, 0.2) is 23.2 Å². The molecule has 0 spiro atoms. The van der Waals surface area contributed by atoms with Crippen LogP contribution in [0.1, 0.15) is 24.2 Å². The molecule has 0 aromatic heterocycles. The van der Waals surface area contributed by atoms with Crippen LogP contribution in [0, 0.1) is 0 Å². The standard InChI is InChI=1S/C13H18N2O2/c1-5-15(6-2)12-8-7-10(13(16)17-4)9-11(12)14-3/h7-9H,3,5-6H2,1-2,4H3. The first kappa shape index (κ1) is 13.2. The van der Waals surface area contributed by atoms with Gasteiger partial charge in [-0.15, -0.1) is 0 Å². The van der Waals surface area contributed by atoms with Crippen molar-refractivity contribution in [2.45, 2.75) is 13.8 Å². The van der Waals surface area contributed by atoms with Crippen LogP contribution in [-0.4, -0.2) is 32.9 Å². The van der Waals surface area contributed by atoms with E-state index in [2.05, 4.69) is 35.2 Å². The molecule has 4 nitrogen and oxygen atoms in total. The Morgan fingerprint density at radius 1 is 1.41 bits per heavy atom. The summed E-state index contributed by atoms with van der Waals surface area (Å²) in [6.07, 6.45) is 0. The van der Waals surface area contributed by atoms with Crippen molar-refractivity contribution in [3.05, 3.63) is 23.8 Å². The summed E-state index contributed by atoms with van der Waals surface area (Å²) in [7, 11) is 1.36. The Balaban J connectivity index is 3.17. The molecule has 0 heterocycles. The Morgan fingerprint density at radius 3 is 2.53 bits per heavy atom. The maximum Gasteiger partial charge on any atom is 0.337 e. The molecule has 0 saturated carbocycles. The van der Waals surface area contributed by atoms with E-state index < -0.39 is 0 Å². The summed E-state index contributed by atoms with van der Waals surface area (Å²) in [5.74, 6) is -0.360. The third-order valence-corrected chi connectivity index (χ3v) is 2.67. The summed E-state index contributed by atoms with van der Waals surface area (Å²) in [6.45, 7) is 9.46. The van der Waals surface area contributed by atoms with Gasteiger partial charge in [-0.05, 0) is 38.8 Å². The molecule has 0 aliphatic carbocycles. The third kappa shape index (κ3) is 2.84. The van der Waals surface area contributed by atoms with Crippen LogP contribution >= 0.6 is 0 Å². The summed E-state index contributed by atoms with van der Waals surface area (Å²) < 4.78 is 4.67. The summed E-state index contributed by atoms with van der Waals surface area (Å²) in [5, 5.41) is 0. The summed E-state index contributed by atoms with van der Waals surface area (Å²) in [4.78, 5) is 17.5. The van der Waals surface area contributed by atoms with Crippen molar-refractivity contribution < 1.29 is 9.53 Å². The summed E-state index contributed by atoms with van der Waals surface area (Å²) in [5.41, 5.74) is 2.18. The highest BCUT2D eigenvalue weighted by Gasteiger charge is 2.12. The quantitative estimate of drug-likeness (QED) is 0.581. The van der Waals surface area contributed by atoms with Gasteiger partial charge in [0.05, 0.1) is 24.0 Å². The third-order valence-electron chi connectivity index (χ3n) is 2.67. The number of carbonyl (C=O) groups is 1. The van der Waals surface area contributed by atoms with Crippen LogP contribution in [-0.2, 0) is 4.74 Å². The van der Waals surface area contributed by atoms with Gasteiger partial charge in [0, 0.05) is 13.1 Å². The molecule has 0 fully saturated rings. The van der Waals surface area contributed by atoms with Crippen molar-refractivity contribution >= 4 is 24.1 Å². The van der Waals surface area contributed by atoms with E-state index in [0.717, 1.165) is 18.8 Å². The van der Waals surface area contributed by atoms with E-state index in [0.29, 0.717) is 11.3 Å². The molecule has 4 heteroatoms. The second-order valence-corrected chi connectivity index (χ2v) is 3.53. The van der Waals surface area contributed by atoms with Crippen LogP contribution in [0.4, 0.5) is 11.4 Å². The lowest BCUT2D eigenvalue weighted by Gasteiger charge is -2.22. The van der Waals surface area contributed by atoms with E-state index in [1.807, 2.05) is 6.07 Å². The normalized spacial score (nSPS) is 9.82. The van der Waals surface area contributed by atoms with Crippen molar-refractivity contribution in [2.24, 2.45) is 4.99 Å². The zero-order chi connectivity index (χ0) is 12.8. The molecule has 0 bridgehead atoms. The van der Waals surface area contributed by atoms with Crippen molar-refractivity contribution in [3.8, 4) is 0 Å². The number of esters is 1. The highest BCUT2D eigenvalue weighted by Crippen LogP contribution is 2.29. The zero-order valence-electron chi connectivity index (χ0n) is 10.6. The predicted molar refractivity (Wildman–Crippen MR) is 70.6 cm³/mol. The maximum absolute atomic E-state index is 11.4. The number of nitrogens with zero attached hydrogens (tertiary/aromatic N) is 2. The molecular formula is C13H18N2O2. The molecule has 1 aromatic carbocycles. The highest BCUT2D eigenvalue weighted by molar-refractivity contribution is 5.92. The van der Waals surface area contributed by atoms with Gasteiger partial charge in [-0.25, -0.2) is 4.79 Å². The fourth-order valence-electron chi connectivity index (χ4n) is 1.73. The van der Waals surface area contributed by atoms with Gasteiger partial charge in [-0.3, -0.25) is 4.99 Å². The van der Waals surface area contributed by atoms with Crippen LogP contribution < -0.4 is 4.90 Å². The van der Waals surface area contributed by atoms with E-state index in [9.17, 15) is 4.79 Å². The lowest BCUT2D eigenvalue weighted by atomic mass is 10.1. The SMILES string of the molecule is C=Nc1cc(C(=O)OC)ccc1N(CC)CC. The lowest BCUT2D eigenvalue weighted by molar-refractivity contribution is 0.0601. The van der Waals surface area contributed by atoms with Gasteiger partial charge in [0.25, 0.3) is 0 Å². The van der Waals surface area contributed by atoms with Gasteiger partial charge in [-0.1, -0.05) is 0 Å². The number of aliphatic imine (C=N–C) groups is 1. The van der Waals surface area contributed by atoms with Gasteiger partial charge in [-0.2, -0.15) is 0 Å². The minimum Gasteiger partial charge on any atom is -0.465 e. The van der Waals surface area contributed by atoms with Gasteiger partial charge in [0.1, 0.15) is 0 Å². The topological polar surface area (TPSA) is 41.9 Å². The van der Waals surface area contributed by atoms with Gasteiger partial charge >= 0.3 is 5.97 Å². The molecule has 0 N–H and O–H groups in total. The van der Waals surface area contributed by atoms with E-state index in [1.54, 1.807) is 12.1 Å². The monoisotopic (exact) mass is 234 g/mol. The van der Waals surface area contributed by atoms with Crippen LogP contribution in [0.2, 0.25) is 0 Å². The second-order valence-electron chi connectivity index (χ2n) is 3.53. The maximum atomic E-state index is 11.4. The van der Waals surface area contributed by atoms with Crippen molar-refractivity contribution in [1.29, 1.82) is 0 Å². The zero-order valence-corrected chi connectivity index (χ0v) is 10.6. The van der Waals surface area contributed by atoms with Crippen LogP contribution in [0.5, 0.6) is 0 Å². The Morgan fingerprint density at radius 2 is 2.06 bits per heavy atom. The fraction of sp³-hybridized carbons (Fsp3) is 0.385. The first-order valence-corrected chi connectivity index (χ1v) is 5.61. The predicted octanol–water partition coefficient (Wildman–Crippen LogP) is 2.65. The minimum absolute atomic E-state index is 0.360. The number of ether oxygens (including phenoxy) is 1. The molecule has 0 radical (unpaired) electrons. The molecule has 0 saturated heterocycles. The number of rotatable bonds is 5. The largest absolute Gasteiger partial charge is 0.465 e. The van der Waals surface area contributed by atoms with Crippen LogP contribution in [0.25, 0.3) is 0 Å². The van der Waals surface area contributed by atoms with E-state index in [4.69, 9.17) is 0 Å². The minimum atomic E-state index is -0.360. The number of benzene rings is 1. The number of methoxy groups -OCH3 is 1. The highest BCUT2D eigenvalue weighted by atomic mass is 16.5. The van der Waals surface area contributed by atoms with Crippen molar-refractivity contribution in [1.82, 2.24) is 0 Å². The average Bonchev–Trinajstić information content (AvgIpc) is 2.39. The molecule has 0 atom stereocenters. The molecular weight excluding hydrogens is 216 g/mol. The molecule has 0 amide bonds. The fourth-order valence-corrected chi connectivity index (χ4v) is 1.73. The number of hydrogen-bond donors (Lipinski definition) is 0. The summed E-state index contributed by atoms with van der Waals surface area (Å²) >= 11 is 0. The molecule has 0 unspecified atom stereocenters. The lowest BCUT2D eigenvalue weighted by Crippen LogP contribution is -2.22. The van der Waals surface area contributed by atoms with Crippen molar-refractivity contribution in [2.75, 3.05) is 25.1 Å². The average molecular weight is 234 g/mol. The Labute approximate surface area is 102 Å². The second kappa shape index (κ2) is 6.03. The van der Waals surface area contributed by atoms with Gasteiger partial charge < -0.3 is 9.64 Å². The Bertz CT molecular complexity index is 412. The molecule has 1 rings (SSSR count). The molecule has 0 aliphatic rings. The summed E-state index contributed by atoms with van der Waals surface area (Å²) in [6, 6.07) is 5.32. The van der Waals surface area contributed by atoms with E-state index in [1.165, 1.54) is 7.11 Å². The Kier molecular flexibility index (Phi) is 4.69. The van der Waals surface area contributed by atoms with Crippen molar-refractivity contribution in [3.63, 3.8) is 0 Å². The number of anilines is 1. The van der Waals surface area contributed by atoms with Crippen LogP contribution in [0.3, 0.4) is 0 Å². The van der Waals surface area contributed by atoms with Gasteiger partial charge in [0.15, 0.2) is 0 Å². The first-order valence-electron chi connectivity index (χ1n) is 5.61. The molecule has 0 aliphatic heterocycles. The van der Waals surface area contributed by atoms with Gasteiger partial charge in [0.2, 0.25) is 0 Å². The smallest absolute Gasteiger partial charge is 0.337 e.